The summed E-state index contributed by atoms with van der Waals surface area (Å²) in [5.41, 5.74) is 7.79. The number of aromatic nitrogens is 1. The van der Waals surface area contributed by atoms with E-state index in [4.69, 9.17) is 5.73 Å². The first-order valence-corrected chi connectivity index (χ1v) is 8.05. The monoisotopic (exact) mass is 276 g/mol. The van der Waals surface area contributed by atoms with Crippen LogP contribution >= 0.6 is 23.1 Å². The fourth-order valence-electron chi connectivity index (χ4n) is 2.32. The van der Waals surface area contributed by atoms with E-state index >= 15 is 0 Å². The molecule has 1 aromatic carbocycles. The lowest BCUT2D eigenvalue weighted by Crippen LogP contribution is -1.92. The highest BCUT2D eigenvalue weighted by atomic mass is 32.2. The third-order valence-electron chi connectivity index (χ3n) is 3.28. The first-order valence-electron chi connectivity index (χ1n) is 6.29. The van der Waals surface area contributed by atoms with Gasteiger partial charge in [-0.25, -0.2) is 4.98 Å². The van der Waals surface area contributed by atoms with Gasteiger partial charge in [-0.05, 0) is 25.0 Å². The van der Waals surface area contributed by atoms with E-state index in [1.807, 2.05) is 17.1 Å². The normalized spacial score (nSPS) is 16.2. The molecule has 0 radical (unpaired) electrons. The van der Waals surface area contributed by atoms with Gasteiger partial charge < -0.3 is 5.73 Å². The molecule has 0 atom stereocenters. The SMILES string of the molecule is Nc1nc(-c2ccc(SC3CCCC3)cc2)cs1. The second-order valence-corrected chi connectivity index (χ2v) is 6.88. The van der Waals surface area contributed by atoms with E-state index in [9.17, 15) is 0 Å². The van der Waals surface area contributed by atoms with Crippen molar-refractivity contribution in [3.8, 4) is 11.3 Å². The van der Waals surface area contributed by atoms with Crippen molar-refractivity contribution in [2.45, 2.75) is 35.8 Å². The number of thioether (sulfide) groups is 1. The molecule has 0 saturated heterocycles. The smallest absolute Gasteiger partial charge is 0.180 e. The van der Waals surface area contributed by atoms with E-state index in [-0.39, 0.29) is 0 Å². The summed E-state index contributed by atoms with van der Waals surface area (Å²) in [4.78, 5) is 5.67. The minimum absolute atomic E-state index is 0.634. The van der Waals surface area contributed by atoms with Crippen LogP contribution in [0.3, 0.4) is 0 Å². The Labute approximate surface area is 116 Å². The van der Waals surface area contributed by atoms with Gasteiger partial charge in [0.1, 0.15) is 0 Å². The second-order valence-electron chi connectivity index (χ2n) is 4.62. The van der Waals surface area contributed by atoms with Crippen molar-refractivity contribution < 1.29 is 0 Å². The zero-order chi connectivity index (χ0) is 12.4. The zero-order valence-electron chi connectivity index (χ0n) is 10.1. The lowest BCUT2D eigenvalue weighted by Gasteiger charge is -2.08. The molecule has 1 fully saturated rings. The van der Waals surface area contributed by atoms with E-state index in [0.717, 1.165) is 16.5 Å². The Hall–Kier alpha value is -1.00. The van der Waals surface area contributed by atoms with E-state index in [0.29, 0.717) is 5.13 Å². The molecule has 0 bridgehead atoms. The van der Waals surface area contributed by atoms with Gasteiger partial charge in [0.15, 0.2) is 5.13 Å². The molecule has 1 aromatic heterocycles. The zero-order valence-corrected chi connectivity index (χ0v) is 11.8. The number of anilines is 1. The summed E-state index contributed by atoms with van der Waals surface area (Å²) in [5, 5.41) is 3.47. The lowest BCUT2D eigenvalue weighted by atomic mass is 10.2. The first-order chi connectivity index (χ1) is 8.81. The summed E-state index contributed by atoms with van der Waals surface area (Å²) in [6, 6.07) is 8.69. The molecule has 1 aliphatic carbocycles. The number of thiazole rings is 1. The molecule has 0 spiro atoms. The predicted molar refractivity (Wildman–Crippen MR) is 80.1 cm³/mol. The molecule has 1 aliphatic rings. The van der Waals surface area contributed by atoms with Crippen LogP contribution in [0, 0.1) is 0 Å². The number of nitrogens with zero attached hydrogens (tertiary/aromatic N) is 1. The minimum atomic E-state index is 0.634. The van der Waals surface area contributed by atoms with Crippen LogP contribution < -0.4 is 5.73 Å². The summed E-state index contributed by atoms with van der Waals surface area (Å²) in [6.45, 7) is 0. The number of nitrogen functional groups attached to an aromatic ring is 1. The van der Waals surface area contributed by atoms with Gasteiger partial charge >= 0.3 is 0 Å². The van der Waals surface area contributed by atoms with Crippen LogP contribution in [0.25, 0.3) is 11.3 Å². The molecular formula is C14H16N2S2. The van der Waals surface area contributed by atoms with Gasteiger partial charge in [0.2, 0.25) is 0 Å². The maximum absolute atomic E-state index is 5.66. The fraction of sp³-hybridized carbons (Fsp3) is 0.357. The Balaban J connectivity index is 1.72. The van der Waals surface area contributed by atoms with Gasteiger partial charge in [-0.2, -0.15) is 0 Å². The van der Waals surface area contributed by atoms with Gasteiger partial charge in [-0.15, -0.1) is 23.1 Å². The summed E-state index contributed by atoms with van der Waals surface area (Å²) >= 11 is 3.51. The Kier molecular flexibility index (Phi) is 3.57. The van der Waals surface area contributed by atoms with Gasteiger partial charge in [-0.1, -0.05) is 25.0 Å². The molecule has 2 nitrogen and oxygen atoms in total. The van der Waals surface area contributed by atoms with Crippen LogP contribution in [0.2, 0.25) is 0 Å². The second kappa shape index (κ2) is 5.33. The average molecular weight is 276 g/mol. The minimum Gasteiger partial charge on any atom is -0.375 e. The van der Waals surface area contributed by atoms with Crippen molar-refractivity contribution in [2.24, 2.45) is 0 Å². The van der Waals surface area contributed by atoms with Crippen LogP contribution in [-0.2, 0) is 0 Å². The van der Waals surface area contributed by atoms with Crippen LogP contribution in [0.4, 0.5) is 5.13 Å². The molecule has 0 unspecified atom stereocenters. The van der Waals surface area contributed by atoms with Crippen molar-refractivity contribution in [2.75, 3.05) is 5.73 Å². The average Bonchev–Trinajstić information content (AvgIpc) is 3.02. The molecule has 0 aliphatic heterocycles. The van der Waals surface area contributed by atoms with Crippen molar-refractivity contribution in [3.05, 3.63) is 29.6 Å². The van der Waals surface area contributed by atoms with Crippen molar-refractivity contribution in [3.63, 3.8) is 0 Å². The van der Waals surface area contributed by atoms with Crippen molar-refractivity contribution in [1.82, 2.24) is 4.98 Å². The Morgan fingerprint density at radius 2 is 1.89 bits per heavy atom. The van der Waals surface area contributed by atoms with Gasteiger partial charge in [-0.3, -0.25) is 0 Å². The largest absolute Gasteiger partial charge is 0.375 e. The molecule has 0 amide bonds. The maximum Gasteiger partial charge on any atom is 0.180 e. The Morgan fingerprint density at radius 1 is 1.17 bits per heavy atom. The molecule has 2 N–H and O–H groups in total. The number of benzene rings is 1. The van der Waals surface area contributed by atoms with E-state index in [1.165, 1.54) is 41.9 Å². The summed E-state index contributed by atoms with van der Waals surface area (Å²) in [7, 11) is 0. The highest BCUT2D eigenvalue weighted by molar-refractivity contribution is 8.00. The van der Waals surface area contributed by atoms with Gasteiger partial charge in [0.25, 0.3) is 0 Å². The summed E-state index contributed by atoms with van der Waals surface area (Å²) < 4.78 is 0. The van der Waals surface area contributed by atoms with Gasteiger partial charge in [0.05, 0.1) is 5.69 Å². The summed E-state index contributed by atoms with van der Waals surface area (Å²) in [6.07, 6.45) is 5.53. The molecule has 18 heavy (non-hydrogen) atoms. The molecule has 1 saturated carbocycles. The molecule has 1 heterocycles. The fourth-order valence-corrected chi connectivity index (χ4v) is 4.14. The summed E-state index contributed by atoms with van der Waals surface area (Å²) in [5.74, 6) is 0. The van der Waals surface area contributed by atoms with E-state index in [1.54, 1.807) is 0 Å². The molecule has 94 valence electrons. The van der Waals surface area contributed by atoms with Gasteiger partial charge in [0, 0.05) is 21.1 Å². The quantitative estimate of drug-likeness (QED) is 0.901. The molecule has 2 aromatic rings. The third-order valence-corrected chi connectivity index (χ3v) is 5.30. The highest BCUT2D eigenvalue weighted by Crippen LogP contribution is 2.35. The van der Waals surface area contributed by atoms with Crippen molar-refractivity contribution >= 4 is 28.2 Å². The highest BCUT2D eigenvalue weighted by Gasteiger charge is 2.15. The van der Waals surface area contributed by atoms with Crippen molar-refractivity contribution in [1.29, 1.82) is 0 Å². The Bertz CT molecular complexity index is 513. The van der Waals surface area contributed by atoms with E-state index < -0.39 is 0 Å². The molecule has 4 heteroatoms. The van der Waals surface area contributed by atoms with Crippen LogP contribution in [-0.4, -0.2) is 10.2 Å². The number of rotatable bonds is 3. The first kappa shape index (κ1) is 12.1. The Morgan fingerprint density at radius 3 is 2.50 bits per heavy atom. The lowest BCUT2D eigenvalue weighted by molar-refractivity contribution is 0.886. The maximum atomic E-state index is 5.66. The third kappa shape index (κ3) is 2.70. The predicted octanol–water partition coefficient (Wildman–Crippen LogP) is 4.43. The topological polar surface area (TPSA) is 38.9 Å². The standard InChI is InChI=1S/C14H16N2S2/c15-14-16-13(9-17-14)10-5-7-12(8-6-10)18-11-3-1-2-4-11/h5-9,11H,1-4H2,(H2,15,16). The van der Waals surface area contributed by atoms with Crippen LogP contribution in [0.5, 0.6) is 0 Å². The number of hydrogen-bond acceptors (Lipinski definition) is 4. The van der Waals surface area contributed by atoms with E-state index in [2.05, 4.69) is 29.2 Å². The number of nitrogens with two attached hydrogens (primary N) is 1. The molecular weight excluding hydrogens is 260 g/mol. The molecule has 3 rings (SSSR count). The number of hydrogen-bond donors (Lipinski definition) is 1. The van der Waals surface area contributed by atoms with Crippen LogP contribution in [0.1, 0.15) is 25.7 Å². The van der Waals surface area contributed by atoms with Crippen LogP contribution in [0.15, 0.2) is 34.5 Å².